The molecule has 1 aromatic carbocycles. The minimum Gasteiger partial charge on any atom is -0.378 e. The number of nitrogens with zero attached hydrogens (tertiary/aromatic N) is 6. The van der Waals surface area contributed by atoms with Crippen molar-refractivity contribution in [1.29, 1.82) is 0 Å². The fraction of sp³-hybridized carbons (Fsp3) is 0.594. The topological polar surface area (TPSA) is 82.5 Å². The number of aromatic amines is 1. The highest BCUT2D eigenvalue weighted by atomic mass is 35.5. The van der Waals surface area contributed by atoms with Crippen LogP contribution in [-0.4, -0.2) is 99.9 Å². The number of rotatable bonds is 6. The molecule has 2 saturated carbocycles. The second-order valence-corrected chi connectivity index (χ2v) is 14.0. The molecule has 5 heterocycles. The van der Waals surface area contributed by atoms with E-state index in [0.717, 1.165) is 103 Å². The van der Waals surface area contributed by atoms with Gasteiger partial charge in [-0.15, -0.1) is 0 Å². The number of alkyl halides is 1. The lowest BCUT2D eigenvalue weighted by Gasteiger charge is -2.59. The second kappa shape index (κ2) is 10.0. The molecule has 5 fully saturated rings. The van der Waals surface area contributed by atoms with Crippen molar-refractivity contribution in [3.05, 3.63) is 40.7 Å². The van der Waals surface area contributed by atoms with E-state index in [1.165, 1.54) is 31.4 Å². The summed E-state index contributed by atoms with van der Waals surface area (Å²) in [4.78, 5) is 19.4. The smallest absolute Gasteiger partial charge is 0.246 e. The van der Waals surface area contributed by atoms with E-state index in [0.29, 0.717) is 6.04 Å². The monoisotopic (exact) mass is 607 g/mol. The fourth-order valence-corrected chi connectivity index (χ4v) is 8.67. The van der Waals surface area contributed by atoms with Crippen molar-refractivity contribution in [2.24, 2.45) is 5.41 Å². The summed E-state index contributed by atoms with van der Waals surface area (Å²) in [6.07, 6.45) is 10.1. The van der Waals surface area contributed by atoms with Gasteiger partial charge in [0.1, 0.15) is 6.67 Å². The molecule has 1 amide bonds. The van der Waals surface area contributed by atoms with Crippen molar-refractivity contribution in [2.75, 3.05) is 57.5 Å². The van der Waals surface area contributed by atoms with Gasteiger partial charge in [0.2, 0.25) is 5.91 Å². The molecule has 8 rings (SSSR count). The maximum absolute atomic E-state index is 12.5. The van der Waals surface area contributed by atoms with Gasteiger partial charge in [0, 0.05) is 66.4 Å². The number of ether oxygens (including phenoxy) is 1. The van der Waals surface area contributed by atoms with Crippen LogP contribution < -0.4 is 4.90 Å². The van der Waals surface area contributed by atoms with E-state index in [1.807, 2.05) is 11.1 Å². The van der Waals surface area contributed by atoms with Gasteiger partial charge < -0.3 is 14.5 Å². The first-order chi connectivity index (χ1) is 20.8. The first-order valence-electron chi connectivity index (χ1n) is 15.6. The Hall–Kier alpha value is -2.95. The van der Waals surface area contributed by atoms with Crippen molar-refractivity contribution >= 4 is 34.2 Å². The highest BCUT2D eigenvalue weighted by Gasteiger charge is 2.55. The lowest BCUT2D eigenvalue weighted by atomic mass is 9.60. The summed E-state index contributed by atoms with van der Waals surface area (Å²) >= 11 is 7.17. The number of carbonyl (C=O) groups is 1. The quantitative estimate of drug-likeness (QED) is 0.404. The summed E-state index contributed by atoms with van der Waals surface area (Å²) in [7, 11) is 0. The van der Waals surface area contributed by atoms with Gasteiger partial charge in [0.05, 0.1) is 47.6 Å². The third kappa shape index (κ3) is 4.19. The van der Waals surface area contributed by atoms with Crippen LogP contribution in [0.2, 0.25) is 5.02 Å². The van der Waals surface area contributed by atoms with Crippen molar-refractivity contribution in [2.45, 2.75) is 63.6 Å². The highest BCUT2D eigenvalue weighted by Crippen LogP contribution is 2.56. The number of H-pyrrole nitrogens is 1. The largest absolute Gasteiger partial charge is 0.378 e. The van der Waals surface area contributed by atoms with E-state index in [9.17, 15) is 9.18 Å². The van der Waals surface area contributed by atoms with E-state index in [1.54, 1.807) is 0 Å². The van der Waals surface area contributed by atoms with Crippen molar-refractivity contribution < 1.29 is 13.9 Å². The lowest BCUT2D eigenvalue weighted by molar-refractivity contribution is -0.149. The minimum absolute atomic E-state index is 0.0722. The van der Waals surface area contributed by atoms with Gasteiger partial charge in [0.15, 0.2) is 5.82 Å². The minimum atomic E-state index is -0.614. The number of piperazine rings is 1. The molecule has 3 saturated heterocycles. The van der Waals surface area contributed by atoms with Crippen LogP contribution in [0, 0.1) is 19.3 Å². The normalized spacial score (nSPS) is 23.6. The number of likely N-dealkylation sites (tertiary alicyclic amines) is 1. The Bertz CT molecular complexity index is 1610. The molecule has 2 aliphatic carbocycles. The van der Waals surface area contributed by atoms with Gasteiger partial charge in [-0.25, -0.2) is 4.39 Å². The molecule has 0 unspecified atom stereocenters. The molecule has 43 heavy (non-hydrogen) atoms. The molecule has 228 valence electrons. The predicted molar refractivity (Wildman–Crippen MR) is 164 cm³/mol. The van der Waals surface area contributed by atoms with E-state index >= 15 is 0 Å². The molecule has 5 aliphatic rings. The molecule has 0 bridgehead atoms. The Morgan fingerprint density at radius 3 is 2.63 bits per heavy atom. The number of carbonyl (C=O) groups excluding carboxylic acids is 1. The standard InChI is InChI=1S/C32H39ClFN7O2/c1-20-11-25-24(14-35-36-25)28(29(20)33)27-21(2)41(22-12-31(13-22)17-39(18-31)26(42)5-3-8-34)37-30(27)40-10-9-38(23-15-43-16-23)19-32(40)6-4-7-32/h3,5,11,14,22-23H,4,6-10,12-13,15-19H2,1-2H3,(H,35,36)/b5-3+. The number of halogens is 2. The summed E-state index contributed by atoms with van der Waals surface area (Å²) in [6.45, 7) is 9.74. The predicted octanol–water partition coefficient (Wildman–Crippen LogP) is 4.83. The van der Waals surface area contributed by atoms with Crippen molar-refractivity contribution in [3.63, 3.8) is 0 Å². The number of fused-ring (bicyclic) bond motifs is 1. The average Bonchev–Trinajstić information content (AvgIpc) is 3.49. The first kappa shape index (κ1) is 27.6. The third-order valence-corrected chi connectivity index (χ3v) is 11.5. The first-order valence-corrected chi connectivity index (χ1v) is 16.0. The van der Waals surface area contributed by atoms with E-state index in [-0.39, 0.29) is 22.9 Å². The SMILES string of the molecule is Cc1cc2[nH]ncc2c(-c2c(N3CCN(C4COC4)CC34CCC4)nn(C3CC4(C3)CN(C(=O)/C=C/CF)C4)c2C)c1Cl. The van der Waals surface area contributed by atoms with E-state index < -0.39 is 6.67 Å². The maximum atomic E-state index is 12.5. The Morgan fingerprint density at radius 2 is 1.95 bits per heavy atom. The zero-order valence-corrected chi connectivity index (χ0v) is 25.7. The molecule has 0 radical (unpaired) electrons. The average molecular weight is 608 g/mol. The number of benzene rings is 1. The molecule has 1 N–H and O–H groups in total. The number of hydrogen-bond donors (Lipinski definition) is 1. The zero-order valence-electron chi connectivity index (χ0n) is 24.9. The molecule has 2 aromatic heterocycles. The van der Waals surface area contributed by atoms with Crippen LogP contribution >= 0.6 is 11.6 Å². The van der Waals surface area contributed by atoms with Crippen molar-refractivity contribution in [3.8, 4) is 11.1 Å². The Morgan fingerprint density at radius 1 is 1.16 bits per heavy atom. The van der Waals surface area contributed by atoms with E-state index in [2.05, 4.69) is 44.6 Å². The molecule has 11 heteroatoms. The summed E-state index contributed by atoms with van der Waals surface area (Å²) < 4.78 is 20.3. The summed E-state index contributed by atoms with van der Waals surface area (Å²) in [6, 6.07) is 2.87. The molecular weight excluding hydrogens is 569 g/mol. The molecule has 3 aromatic rings. The molecule has 9 nitrogen and oxygen atoms in total. The van der Waals surface area contributed by atoms with E-state index in [4.69, 9.17) is 21.4 Å². The summed E-state index contributed by atoms with van der Waals surface area (Å²) in [5.41, 5.74) is 5.47. The van der Waals surface area contributed by atoms with Crippen LogP contribution in [0.15, 0.2) is 24.4 Å². The Labute approximate surface area is 256 Å². The maximum Gasteiger partial charge on any atom is 0.246 e. The lowest BCUT2D eigenvalue weighted by Crippen LogP contribution is -2.69. The summed E-state index contributed by atoms with van der Waals surface area (Å²) in [5, 5.41) is 14.8. The van der Waals surface area contributed by atoms with Gasteiger partial charge in [-0.05, 0) is 63.7 Å². The van der Waals surface area contributed by atoms with Crippen LogP contribution in [-0.2, 0) is 9.53 Å². The number of allylic oxidation sites excluding steroid dienone is 1. The third-order valence-electron chi connectivity index (χ3n) is 11.0. The van der Waals surface area contributed by atoms with Gasteiger partial charge in [-0.2, -0.15) is 10.2 Å². The molecule has 2 spiro atoms. The van der Waals surface area contributed by atoms with Crippen LogP contribution in [0.1, 0.15) is 49.4 Å². The van der Waals surface area contributed by atoms with Gasteiger partial charge in [-0.1, -0.05) is 11.6 Å². The van der Waals surface area contributed by atoms with Crippen LogP contribution in [0.3, 0.4) is 0 Å². The summed E-state index contributed by atoms with van der Waals surface area (Å²) in [5.74, 6) is 0.947. The molecule has 3 aliphatic heterocycles. The Balaban J connectivity index is 1.16. The van der Waals surface area contributed by atoms with Gasteiger partial charge >= 0.3 is 0 Å². The van der Waals surface area contributed by atoms with Gasteiger partial charge in [-0.3, -0.25) is 19.5 Å². The fourth-order valence-electron chi connectivity index (χ4n) is 8.42. The van der Waals surface area contributed by atoms with Crippen LogP contribution in [0.25, 0.3) is 22.0 Å². The number of nitrogens with one attached hydrogen (secondary N) is 1. The second-order valence-electron chi connectivity index (χ2n) is 13.6. The Kier molecular flexibility index (Phi) is 6.44. The molecular formula is C32H39ClFN7O2. The molecule has 0 atom stereocenters. The van der Waals surface area contributed by atoms with Crippen molar-refractivity contribution in [1.82, 2.24) is 29.8 Å². The zero-order chi connectivity index (χ0) is 29.5. The number of hydrogen-bond acceptors (Lipinski definition) is 6. The number of anilines is 1. The number of aromatic nitrogens is 4. The number of aryl methyl sites for hydroxylation is 1. The van der Waals surface area contributed by atoms with Gasteiger partial charge in [0.25, 0.3) is 0 Å². The van der Waals surface area contributed by atoms with Crippen LogP contribution in [0.4, 0.5) is 10.2 Å². The number of amides is 1. The van der Waals surface area contributed by atoms with Crippen LogP contribution in [0.5, 0.6) is 0 Å². The highest BCUT2D eigenvalue weighted by molar-refractivity contribution is 6.36.